The summed E-state index contributed by atoms with van der Waals surface area (Å²) in [6.07, 6.45) is 2.35. The van der Waals surface area contributed by atoms with Crippen molar-refractivity contribution in [1.29, 1.82) is 0 Å². The highest BCUT2D eigenvalue weighted by Crippen LogP contribution is 2.27. The molecule has 2 aromatic heterocycles. The van der Waals surface area contributed by atoms with Crippen LogP contribution < -0.4 is 11.1 Å². The highest BCUT2D eigenvalue weighted by molar-refractivity contribution is 6.10. The van der Waals surface area contributed by atoms with Gasteiger partial charge in [0.1, 0.15) is 22.6 Å². The second-order valence-corrected chi connectivity index (χ2v) is 7.83. The Morgan fingerprint density at radius 3 is 2.70 bits per heavy atom. The van der Waals surface area contributed by atoms with Crippen molar-refractivity contribution in [3.8, 4) is 5.75 Å². The van der Waals surface area contributed by atoms with Gasteiger partial charge in [-0.3, -0.25) is 4.79 Å². The van der Waals surface area contributed by atoms with Crippen molar-refractivity contribution in [2.24, 2.45) is 5.10 Å². The van der Waals surface area contributed by atoms with Crippen LogP contribution in [0, 0.1) is 0 Å². The minimum absolute atomic E-state index is 0.122. The largest absolute Gasteiger partial charge is 0.508 e. The van der Waals surface area contributed by atoms with E-state index in [1.165, 1.54) is 10.9 Å². The first-order valence-electron chi connectivity index (χ1n) is 10.7. The molecule has 0 bridgehead atoms. The zero-order chi connectivity index (χ0) is 23.4. The Balaban J connectivity index is 1.72. The quantitative estimate of drug-likeness (QED) is 0.281. The molecule has 0 aliphatic carbocycles. The number of hydrogen-bond acceptors (Lipinski definition) is 7. The highest BCUT2D eigenvalue weighted by Gasteiger charge is 2.23. The lowest BCUT2D eigenvalue weighted by Gasteiger charge is -2.08. The number of nitrogen functional groups attached to an aromatic ring is 1. The summed E-state index contributed by atoms with van der Waals surface area (Å²) in [5.41, 5.74) is 9.32. The molecule has 170 valence electrons. The molecule has 4 N–H and O–H groups in total. The molecule has 0 aliphatic heterocycles. The fraction of sp³-hybridized carbons (Fsp3) is 0.250. The smallest absolute Gasteiger partial charge is 0.257 e. The number of ether oxygens (including phenoxy) is 1. The molecular weight excluding hydrogens is 420 g/mol. The molecule has 9 heteroatoms. The first-order chi connectivity index (χ1) is 15.9. The van der Waals surface area contributed by atoms with Crippen molar-refractivity contribution < 1.29 is 14.6 Å². The number of benzene rings is 2. The Hall–Kier alpha value is -3.98. The SMILES string of the molecule is CC(C)OCCCNC(=O)c1c(N)n(/N=C/c2cccc(O)c2)c2nc3ccccc3nc12. The van der Waals surface area contributed by atoms with Gasteiger partial charge in [-0.25, -0.2) is 9.97 Å². The maximum Gasteiger partial charge on any atom is 0.257 e. The van der Waals surface area contributed by atoms with E-state index in [9.17, 15) is 9.90 Å². The standard InChI is InChI=1S/C24H26N6O3/c1-15(2)33-12-6-11-26-24(32)20-21-23(29-19-10-4-3-9-18(19)28-21)30(22(20)25)27-14-16-7-5-8-17(31)13-16/h3-5,7-10,13-15,31H,6,11-12,25H2,1-2H3,(H,26,32)/b27-14+. The number of anilines is 1. The number of phenols is 1. The molecule has 4 aromatic rings. The van der Waals surface area contributed by atoms with E-state index in [1.54, 1.807) is 24.3 Å². The van der Waals surface area contributed by atoms with Gasteiger partial charge >= 0.3 is 0 Å². The summed E-state index contributed by atoms with van der Waals surface area (Å²) in [6.45, 7) is 4.92. The molecule has 0 saturated heterocycles. The lowest BCUT2D eigenvalue weighted by molar-refractivity contribution is 0.0757. The average molecular weight is 447 g/mol. The van der Waals surface area contributed by atoms with Crippen LogP contribution in [-0.2, 0) is 4.74 Å². The van der Waals surface area contributed by atoms with Crippen molar-refractivity contribution in [3.05, 3.63) is 59.7 Å². The molecule has 0 spiro atoms. The van der Waals surface area contributed by atoms with Crippen LogP contribution in [0.15, 0.2) is 53.6 Å². The molecule has 0 unspecified atom stereocenters. The Kier molecular flexibility index (Phi) is 6.50. The predicted octanol–water partition coefficient (Wildman–Crippen LogP) is 3.30. The number of amides is 1. The van der Waals surface area contributed by atoms with Crippen molar-refractivity contribution in [1.82, 2.24) is 20.0 Å². The molecule has 9 nitrogen and oxygen atoms in total. The number of nitrogens with two attached hydrogens (primary N) is 1. The Bertz CT molecular complexity index is 1330. The number of carbonyl (C=O) groups is 1. The van der Waals surface area contributed by atoms with E-state index in [-0.39, 0.29) is 29.1 Å². The van der Waals surface area contributed by atoms with E-state index in [2.05, 4.69) is 20.4 Å². The summed E-state index contributed by atoms with van der Waals surface area (Å²) < 4.78 is 6.92. The number of para-hydroxylation sites is 2. The zero-order valence-corrected chi connectivity index (χ0v) is 18.5. The number of aromatic hydroxyl groups is 1. The van der Waals surface area contributed by atoms with Gasteiger partial charge in [-0.2, -0.15) is 9.78 Å². The van der Waals surface area contributed by atoms with Gasteiger partial charge in [0.05, 0.1) is 23.4 Å². The number of hydrogen-bond donors (Lipinski definition) is 3. The van der Waals surface area contributed by atoms with Crippen LogP contribution in [0.5, 0.6) is 5.75 Å². The summed E-state index contributed by atoms with van der Waals surface area (Å²) in [5, 5.41) is 17.0. The van der Waals surface area contributed by atoms with Crippen molar-refractivity contribution in [3.63, 3.8) is 0 Å². The monoisotopic (exact) mass is 446 g/mol. The molecule has 0 atom stereocenters. The number of nitrogens with zero attached hydrogens (tertiary/aromatic N) is 4. The zero-order valence-electron chi connectivity index (χ0n) is 18.5. The minimum atomic E-state index is -0.349. The number of fused-ring (bicyclic) bond motifs is 2. The third kappa shape index (κ3) is 4.93. The molecule has 0 aliphatic rings. The topological polar surface area (TPSA) is 128 Å². The van der Waals surface area contributed by atoms with E-state index < -0.39 is 0 Å². The normalized spacial score (nSPS) is 11.7. The van der Waals surface area contributed by atoms with Gasteiger partial charge in [0.2, 0.25) is 0 Å². The van der Waals surface area contributed by atoms with E-state index in [0.717, 1.165) is 0 Å². The minimum Gasteiger partial charge on any atom is -0.508 e. The van der Waals surface area contributed by atoms with Crippen LogP contribution in [0.4, 0.5) is 5.82 Å². The van der Waals surface area contributed by atoms with Gasteiger partial charge in [-0.15, -0.1) is 0 Å². The van der Waals surface area contributed by atoms with Crippen LogP contribution in [0.2, 0.25) is 0 Å². The van der Waals surface area contributed by atoms with Gasteiger partial charge < -0.3 is 20.9 Å². The number of rotatable bonds is 8. The Labute approximate surface area is 190 Å². The molecular formula is C24H26N6O3. The molecule has 2 heterocycles. The Morgan fingerprint density at radius 2 is 1.97 bits per heavy atom. The van der Waals surface area contributed by atoms with Gasteiger partial charge in [0.25, 0.3) is 5.91 Å². The van der Waals surface area contributed by atoms with Crippen LogP contribution in [0.1, 0.15) is 36.2 Å². The molecule has 1 amide bonds. The van der Waals surface area contributed by atoms with Crippen LogP contribution in [0.25, 0.3) is 22.2 Å². The van der Waals surface area contributed by atoms with Crippen molar-refractivity contribution >= 4 is 40.1 Å². The second-order valence-electron chi connectivity index (χ2n) is 7.83. The third-order valence-corrected chi connectivity index (χ3v) is 4.95. The second kappa shape index (κ2) is 9.66. The first-order valence-corrected chi connectivity index (χ1v) is 10.7. The van der Waals surface area contributed by atoms with E-state index in [4.69, 9.17) is 10.5 Å². The molecule has 0 radical (unpaired) electrons. The third-order valence-electron chi connectivity index (χ3n) is 4.95. The molecule has 33 heavy (non-hydrogen) atoms. The summed E-state index contributed by atoms with van der Waals surface area (Å²) in [5.74, 6) is -0.0952. The fourth-order valence-electron chi connectivity index (χ4n) is 3.40. The van der Waals surface area contributed by atoms with E-state index in [0.29, 0.717) is 47.3 Å². The maximum absolute atomic E-state index is 13.0. The first kappa shape index (κ1) is 22.2. The van der Waals surface area contributed by atoms with Gasteiger partial charge in [-0.05, 0) is 50.1 Å². The van der Waals surface area contributed by atoms with Crippen molar-refractivity contribution in [2.45, 2.75) is 26.4 Å². The maximum atomic E-state index is 13.0. The van der Waals surface area contributed by atoms with Gasteiger partial charge in [0.15, 0.2) is 5.65 Å². The summed E-state index contributed by atoms with van der Waals surface area (Å²) >= 11 is 0. The number of nitrogens with one attached hydrogen (secondary N) is 1. The predicted molar refractivity (Wildman–Crippen MR) is 129 cm³/mol. The van der Waals surface area contributed by atoms with Crippen LogP contribution >= 0.6 is 0 Å². The highest BCUT2D eigenvalue weighted by atomic mass is 16.5. The fourth-order valence-corrected chi connectivity index (χ4v) is 3.40. The lowest BCUT2D eigenvalue weighted by atomic mass is 10.2. The Morgan fingerprint density at radius 1 is 1.21 bits per heavy atom. The average Bonchev–Trinajstić information content (AvgIpc) is 3.05. The number of phenolic OH excluding ortho intramolecular Hbond substituents is 1. The number of aromatic nitrogens is 3. The molecule has 0 saturated carbocycles. The van der Waals surface area contributed by atoms with Gasteiger partial charge in [0, 0.05) is 13.2 Å². The van der Waals surface area contributed by atoms with Crippen LogP contribution in [0.3, 0.4) is 0 Å². The van der Waals surface area contributed by atoms with Crippen molar-refractivity contribution in [2.75, 3.05) is 18.9 Å². The molecule has 2 aromatic carbocycles. The summed E-state index contributed by atoms with van der Waals surface area (Å²) in [7, 11) is 0. The van der Waals surface area contributed by atoms with E-state index in [1.807, 2.05) is 38.1 Å². The van der Waals surface area contributed by atoms with Crippen LogP contribution in [-0.4, -0.2) is 51.1 Å². The molecule has 4 rings (SSSR count). The summed E-state index contributed by atoms with van der Waals surface area (Å²) in [4.78, 5) is 22.4. The molecule has 0 fully saturated rings. The number of carbonyl (C=O) groups excluding carboxylic acids is 1. The van der Waals surface area contributed by atoms with E-state index >= 15 is 0 Å². The lowest BCUT2D eigenvalue weighted by Crippen LogP contribution is -2.26. The van der Waals surface area contributed by atoms with Gasteiger partial charge in [-0.1, -0.05) is 24.3 Å². The summed E-state index contributed by atoms with van der Waals surface area (Å²) in [6, 6.07) is 14.0.